The number of hydrogen-bond acceptors (Lipinski definition) is 5. The maximum Gasteiger partial charge on any atom is 0.196 e. The molecule has 0 atom stereocenters. The third kappa shape index (κ3) is 8.27. The third-order valence-electron chi connectivity index (χ3n) is 4.09. The number of anilines is 1. The first-order valence-electron chi connectivity index (χ1n) is 9.68. The molecule has 0 aliphatic heterocycles. The van der Waals surface area contributed by atoms with Crippen LogP contribution in [0, 0.1) is 0 Å². The molecule has 30 heavy (non-hydrogen) atoms. The van der Waals surface area contributed by atoms with E-state index in [9.17, 15) is 0 Å². The second-order valence-corrected chi connectivity index (χ2v) is 6.20. The van der Waals surface area contributed by atoms with Crippen LogP contribution in [0.15, 0.2) is 47.5 Å². The Morgan fingerprint density at radius 2 is 1.80 bits per heavy atom. The Hall–Kier alpha value is -2.20. The molecule has 166 valence electrons. The summed E-state index contributed by atoms with van der Waals surface area (Å²) in [5.41, 5.74) is 1.84. The molecule has 7 nitrogen and oxygen atoms in total. The molecular weight excluding hydrogens is 497 g/mol. The summed E-state index contributed by atoms with van der Waals surface area (Å²) < 4.78 is 21.7. The van der Waals surface area contributed by atoms with E-state index in [0.29, 0.717) is 37.2 Å². The minimum absolute atomic E-state index is 0. The van der Waals surface area contributed by atoms with E-state index >= 15 is 0 Å². The second-order valence-electron chi connectivity index (χ2n) is 6.20. The fourth-order valence-corrected chi connectivity index (χ4v) is 2.74. The first kappa shape index (κ1) is 25.8. The van der Waals surface area contributed by atoms with Gasteiger partial charge in [-0.3, -0.25) is 0 Å². The van der Waals surface area contributed by atoms with Crippen molar-refractivity contribution in [1.29, 1.82) is 0 Å². The van der Waals surface area contributed by atoms with Gasteiger partial charge in [0.05, 0.1) is 27.4 Å². The van der Waals surface area contributed by atoms with Gasteiger partial charge >= 0.3 is 0 Å². The average Bonchev–Trinajstić information content (AvgIpc) is 2.75. The quantitative estimate of drug-likeness (QED) is 0.196. The Morgan fingerprint density at radius 1 is 1.00 bits per heavy atom. The zero-order valence-electron chi connectivity index (χ0n) is 18.1. The maximum absolute atomic E-state index is 5.76. The maximum atomic E-state index is 5.76. The van der Waals surface area contributed by atoms with Crippen molar-refractivity contribution in [2.75, 3.05) is 46.4 Å². The Bertz CT molecular complexity index is 787. The zero-order chi connectivity index (χ0) is 20.9. The number of para-hydroxylation sites is 1. The number of rotatable bonds is 11. The van der Waals surface area contributed by atoms with Gasteiger partial charge < -0.3 is 29.6 Å². The molecular formula is C22H32IN3O4. The van der Waals surface area contributed by atoms with Crippen molar-refractivity contribution in [3.63, 3.8) is 0 Å². The lowest BCUT2D eigenvalue weighted by molar-refractivity contribution is 0.172. The van der Waals surface area contributed by atoms with Crippen LogP contribution in [0.1, 0.15) is 18.9 Å². The molecule has 0 heterocycles. The average molecular weight is 529 g/mol. The standard InChI is InChI=1S/C22H31N3O4.HI/c1-5-23-22(24-16-17-9-6-12-20(27-3)21(17)28-4)25-18-10-7-11-19(15-18)29-14-8-13-26-2;/h6-7,9-12,15H,5,8,13-14,16H2,1-4H3,(H2,23,24,25);1H. The van der Waals surface area contributed by atoms with E-state index in [0.717, 1.165) is 30.0 Å². The van der Waals surface area contributed by atoms with Crippen LogP contribution in [0.3, 0.4) is 0 Å². The molecule has 8 heteroatoms. The summed E-state index contributed by atoms with van der Waals surface area (Å²) in [5.74, 6) is 2.86. The van der Waals surface area contributed by atoms with Gasteiger partial charge in [0.25, 0.3) is 0 Å². The van der Waals surface area contributed by atoms with Gasteiger partial charge in [-0.1, -0.05) is 18.2 Å². The predicted molar refractivity (Wildman–Crippen MR) is 132 cm³/mol. The Kier molecular flexibility index (Phi) is 12.7. The highest BCUT2D eigenvalue weighted by Gasteiger charge is 2.09. The molecule has 0 saturated carbocycles. The summed E-state index contributed by atoms with van der Waals surface area (Å²) >= 11 is 0. The van der Waals surface area contributed by atoms with Gasteiger partial charge in [-0.25, -0.2) is 4.99 Å². The number of ether oxygens (including phenoxy) is 4. The van der Waals surface area contributed by atoms with Crippen molar-refractivity contribution < 1.29 is 18.9 Å². The number of nitrogens with one attached hydrogen (secondary N) is 2. The molecule has 0 unspecified atom stereocenters. The number of aliphatic imine (C=N–C) groups is 1. The monoisotopic (exact) mass is 529 g/mol. The third-order valence-corrected chi connectivity index (χ3v) is 4.09. The fourth-order valence-electron chi connectivity index (χ4n) is 2.74. The predicted octanol–water partition coefficient (Wildman–Crippen LogP) is 4.31. The van der Waals surface area contributed by atoms with E-state index in [1.165, 1.54) is 0 Å². The van der Waals surface area contributed by atoms with Crippen molar-refractivity contribution in [2.45, 2.75) is 19.9 Å². The number of benzene rings is 2. The number of hydrogen-bond donors (Lipinski definition) is 2. The highest BCUT2D eigenvalue weighted by atomic mass is 127. The van der Waals surface area contributed by atoms with Crippen LogP contribution in [-0.2, 0) is 11.3 Å². The number of methoxy groups -OCH3 is 3. The van der Waals surface area contributed by atoms with Crippen LogP contribution in [0.5, 0.6) is 17.2 Å². The summed E-state index contributed by atoms with van der Waals surface area (Å²) in [6.07, 6.45) is 0.848. The SMILES string of the molecule is CCNC(=NCc1cccc(OC)c1OC)Nc1cccc(OCCCOC)c1.I. The molecule has 0 aromatic heterocycles. The lowest BCUT2D eigenvalue weighted by Gasteiger charge is -2.14. The van der Waals surface area contributed by atoms with Crippen LogP contribution >= 0.6 is 24.0 Å². The van der Waals surface area contributed by atoms with Crippen molar-refractivity contribution in [1.82, 2.24) is 5.32 Å². The van der Waals surface area contributed by atoms with E-state index in [4.69, 9.17) is 18.9 Å². The minimum atomic E-state index is 0. The molecule has 2 aromatic rings. The molecule has 0 fully saturated rings. The van der Waals surface area contributed by atoms with Crippen LogP contribution in [0.2, 0.25) is 0 Å². The fraction of sp³-hybridized carbons (Fsp3) is 0.409. The van der Waals surface area contributed by atoms with Crippen molar-refractivity contribution in [3.8, 4) is 17.2 Å². The Balaban J connectivity index is 0.00000450. The molecule has 2 aromatic carbocycles. The highest BCUT2D eigenvalue weighted by molar-refractivity contribution is 14.0. The van der Waals surface area contributed by atoms with Gasteiger partial charge in [0.2, 0.25) is 0 Å². The first-order chi connectivity index (χ1) is 14.2. The van der Waals surface area contributed by atoms with E-state index < -0.39 is 0 Å². The normalized spacial score (nSPS) is 10.7. The van der Waals surface area contributed by atoms with Crippen molar-refractivity contribution in [2.24, 2.45) is 4.99 Å². The van der Waals surface area contributed by atoms with Crippen LogP contribution in [0.4, 0.5) is 5.69 Å². The van der Waals surface area contributed by atoms with Gasteiger partial charge in [0.15, 0.2) is 17.5 Å². The second kappa shape index (κ2) is 14.7. The molecule has 0 bridgehead atoms. The zero-order valence-corrected chi connectivity index (χ0v) is 20.4. The van der Waals surface area contributed by atoms with E-state index in [1.54, 1.807) is 21.3 Å². The lowest BCUT2D eigenvalue weighted by Crippen LogP contribution is -2.30. The van der Waals surface area contributed by atoms with Gasteiger partial charge in [0.1, 0.15) is 5.75 Å². The highest BCUT2D eigenvalue weighted by Crippen LogP contribution is 2.31. The van der Waals surface area contributed by atoms with Crippen molar-refractivity contribution in [3.05, 3.63) is 48.0 Å². The molecule has 2 N–H and O–H groups in total. The Labute approximate surface area is 196 Å². The van der Waals surface area contributed by atoms with E-state index in [2.05, 4.69) is 15.6 Å². The smallest absolute Gasteiger partial charge is 0.196 e. The summed E-state index contributed by atoms with van der Waals surface area (Å²) in [6, 6.07) is 13.6. The van der Waals surface area contributed by atoms with Crippen LogP contribution in [-0.4, -0.2) is 47.0 Å². The number of guanidine groups is 1. The number of halogens is 1. The number of nitrogens with zero attached hydrogens (tertiary/aromatic N) is 1. The van der Waals surface area contributed by atoms with Gasteiger partial charge in [0, 0.05) is 44.0 Å². The lowest BCUT2D eigenvalue weighted by atomic mass is 10.2. The summed E-state index contributed by atoms with van der Waals surface area (Å²) in [6.45, 7) is 4.51. The van der Waals surface area contributed by atoms with E-state index in [1.807, 2.05) is 49.4 Å². The summed E-state index contributed by atoms with van der Waals surface area (Å²) in [5, 5.41) is 6.58. The molecule has 0 amide bonds. The first-order valence-corrected chi connectivity index (χ1v) is 9.68. The topological polar surface area (TPSA) is 73.3 Å². The summed E-state index contributed by atoms with van der Waals surface area (Å²) in [7, 11) is 4.95. The molecule has 0 radical (unpaired) electrons. The van der Waals surface area contributed by atoms with Gasteiger partial charge in [-0.2, -0.15) is 0 Å². The Morgan fingerprint density at radius 3 is 2.50 bits per heavy atom. The van der Waals surface area contributed by atoms with Gasteiger partial charge in [-0.05, 0) is 25.1 Å². The molecule has 0 aliphatic carbocycles. The van der Waals surface area contributed by atoms with E-state index in [-0.39, 0.29) is 24.0 Å². The largest absolute Gasteiger partial charge is 0.493 e. The van der Waals surface area contributed by atoms with Gasteiger partial charge in [-0.15, -0.1) is 24.0 Å². The van der Waals surface area contributed by atoms with Crippen LogP contribution in [0.25, 0.3) is 0 Å². The van der Waals surface area contributed by atoms with Crippen molar-refractivity contribution >= 4 is 35.6 Å². The van der Waals surface area contributed by atoms with Crippen LogP contribution < -0.4 is 24.8 Å². The molecule has 0 aliphatic rings. The minimum Gasteiger partial charge on any atom is -0.493 e. The summed E-state index contributed by atoms with van der Waals surface area (Å²) in [4.78, 5) is 4.68. The molecule has 0 saturated heterocycles. The molecule has 0 spiro atoms. The molecule has 2 rings (SSSR count).